The van der Waals surface area contributed by atoms with Crippen molar-refractivity contribution in [2.24, 2.45) is 5.92 Å². The summed E-state index contributed by atoms with van der Waals surface area (Å²) >= 11 is 0. The molecule has 0 radical (unpaired) electrons. The van der Waals surface area contributed by atoms with Gasteiger partial charge in [0.1, 0.15) is 5.76 Å². The van der Waals surface area contributed by atoms with E-state index < -0.39 is 65.7 Å². The number of aliphatic carboxylic acids is 1. The second-order valence-electron chi connectivity index (χ2n) is 10.8. The first-order chi connectivity index (χ1) is 18.9. The molecule has 1 heterocycles. The van der Waals surface area contributed by atoms with Crippen LogP contribution in [-0.2, 0) is 45.2 Å². The molecular formula is C28H32O12. The topological polar surface area (TPSA) is 175 Å². The third-order valence-electron chi connectivity index (χ3n) is 8.60. The maximum Gasteiger partial charge on any atom is 0.347 e. The van der Waals surface area contributed by atoms with Crippen molar-refractivity contribution in [3.8, 4) is 11.5 Å². The van der Waals surface area contributed by atoms with Crippen molar-refractivity contribution in [2.75, 3.05) is 7.11 Å². The van der Waals surface area contributed by atoms with Crippen LogP contribution in [0.5, 0.6) is 11.5 Å². The van der Waals surface area contributed by atoms with Gasteiger partial charge in [-0.1, -0.05) is 12.5 Å². The number of carboxylic acid groups (broad SMARTS) is 1. The normalized spacial score (nSPS) is 29.5. The predicted molar refractivity (Wildman–Crippen MR) is 133 cm³/mol. The van der Waals surface area contributed by atoms with Crippen molar-refractivity contribution in [3.63, 3.8) is 0 Å². The third-order valence-corrected chi connectivity index (χ3v) is 8.60. The first-order valence-electron chi connectivity index (χ1n) is 13.2. The van der Waals surface area contributed by atoms with Gasteiger partial charge in [-0.25, -0.2) is 14.4 Å². The van der Waals surface area contributed by atoms with Crippen LogP contribution in [0.1, 0.15) is 57.1 Å². The number of hydrogen-bond acceptors (Lipinski definition) is 11. The fourth-order valence-corrected chi connectivity index (χ4v) is 6.72. The lowest BCUT2D eigenvalue weighted by Crippen LogP contribution is -2.67. The quantitative estimate of drug-likeness (QED) is 0.292. The van der Waals surface area contributed by atoms with E-state index >= 15 is 0 Å². The minimum absolute atomic E-state index is 0.0106. The minimum Gasteiger partial charge on any atom is -0.493 e. The minimum atomic E-state index is -1.96. The van der Waals surface area contributed by atoms with E-state index in [9.17, 15) is 29.4 Å². The Balaban J connectivity index is 1.29. The van der Waals surface area contributed by atoms with Crippen LogP contribution < -0.4 is 9.47 Å². The average Bonchev–Trinajstić information content (AvgIpc) is 3.25. The number of aliphatic hydroxyl groups is 2. The van der Waals surface area contributed by atoms with Crippen LogP contribution >= 0.6 is 0 Å². The Labute approximate surface area is 229 Å². The smallest absolute Gasteiger partial charge is 0.347 e. The third kappa shape index (κ3) is 4.21. The molecule has 3 aliphatic carbocycles. The van der Waals surface area contributed by atoms with Crippen molar-refractivity contribution in [3.05, 3.63) is 35.1 Å². The molecule has 1 aliphatic heterocycles. The zero-order valence-corrected chi connectivity index (χ0v) is 22.4. The second-order valence-corrected chi connectivity index (χ2v) is 10.8. The van der Waals surface area contributed by atoms with Crippen molar-refractivity contribution >= 4 is 23.9 Å². The number of rotatable bonds is 9. The Morgan fingerprint density at radius 1 is 1.12 bits per heavy atom. The van der Waals surface area contributed by atoms with Gasteiger partial charge >= 0.3 is 23.9 Å². The monoisotopic (exact) mass is 560 g/mol. The van der Waals surface area contributed by atoms with Crippen LogP contribution in [0.2, 0.25) is 0 Å². The zero-order chi connectivity index (χ0) is 29.0. The fourth-order valence-electron chi connectivity index (χ4n) is 6.72. The van der Waals surface area contributed by atoms with Gasteiger partial charge in [0, 0.05) is 5.56 Å². The lowest BCUT2D eigenvalue weighted by Gasteiger charge is -2.59. The average molecular weight is 561 g/mol. The summed E-state index contributed by atoms with van der Waals surface area (Å²) < 4.78 is 27.0. The van der Waals surface area contributed by atoms with Crippen LogP contribution in [0.15, 0.2) is 24.0 Å². The molecule has 1 aromatic rings. The summed E-state index contributed by atoms with van der Waals surface area (Å²) in [5, 5.41) is 31.2. The number of methoxy groups -OCH3 is 1. The molecule has 7 atom stereocenters. The van der Waals surface area contributed by atoms with Crippen molar-refractivity contribution < 1.29 is 58.2 Å². The summed E-state index contributed by atoms with van der Waals surface area (Å²) in [5.74, 6) is -3.50. The number of carbonyl (C=O) groups is 4. The molecule has 1 saturated carbocycles. The summed E-state index contributed by atoms with van der Waals surface area (Å²) in [6.07, 6.45) is -1.59. The molecule has 12 nitrogen and oxygen atoms in total. The second kappa shape index (κ2) is 10.1. The summed E-state index contributed by atoms with van der Waals surface area (Å²) in [7, 11) is 1.53. The molecule has 1 aromatic carbocycles. The Morgan fingerprint density at radius 3 is 2.55 bits per heavy atom. The highest BCUT2D eigenvalue weighted by Crippen LogP contribution is 2.67. The number of carboxylic acids is 1. The molecule has 0 amide bonds. The van der Waals surface area contributed by atoms with E-state index in [1.807, 2.05) is 12.1 Å². The highest BCUT2D eigenvalue weighted by Gasteiger charge is 2.70. The molecule has 12 heteroatoms. The van der Waals surface area contributed by atoms with Gasteiger partial charge in [-0.3, -0.25) is 4.79 Å². The molecule has 0 saturated heterocycles. The van der Waals surface area contributed by atoms with Gasteiger partial charge in [-0.05, 0) is 63.2 Å². The molecule has 0 unspecified atom stereocenters. The first kappa shape index (κ1) is 27.9. The van der Waals surface area contributed by atoms with Gasteiger partial charge in [-0.2, -0.15) is 0 Å². The van der Waals surface area contributed by atoms with E-state index in [4.69, 9.17) is 24.1 Å². The molecule has 4 aliphatic rings. The number of carbonyl (C=O) groups excluding carboxylic acids is 3. The van der Waals surface area contributed by atoms with Gasteiger partial charge in [0.25, 0.3) is 0 Å². The SMILES string of the molecule is COc1ccc2c3c1O[C@@H]1C(OC(=O)C[C@H](O)C(=O)O[C@@H](C)C(=O)O[C@@H](C)C(=O)O)=CC[C@]4(O)[C@@H](CCC[C@@]314)C2. The van der Waals surface area contributed by atoms with E-state index in [2.05, 4.69) is 4.74 Å². The molecular weight excluding hydrogens is 528 g/mol. The van der Waals surface area contributed by atoms with Crippen LogP contribution in [-0.4, -0.2) is 76.3 Å². The maximum absolute atomic E-state index is 12.8. The van der Waals surface area contributed by atoms with Gasteiger partial charge in [0.15, 0.2) is 35.9 Å². The summed E-state index contributed by atoms with van der Waals surface area (Å²) in [6.45, 7) is 2.27. The summed E-state index contributed by atoms with van der Waals surface area (Å²) in [4.78, 5) is 47.9. The van der Waals surface area contributed by atoms with Crippen LogP contribution in [0.25, 0.3) is 0 Å². The number of benzene rings is 1. The van der Waals surface area contributed by atoms with Gasteiger partial charge in [-0.15, -0.1) is 0 Å². The van der Waals surface area contributed by atoms with E-state index in [1.165, 1.54) is 7.11 Å². The van der Waals surface area contributed by atoms with Gasteiger partial charge in [0.2, 0.25) is 0 Å². The Bertz CT molecular complexity index is 1290. The highest BCUT2D eigenvalue weighted by molar-refractivity contribution is 5.85. The van der Waals surface area contributed by atoms with E-state index in [1.54, 1.807) is 6.08 Å². The van der Waals surface area contributed by atoms with Gasteiger partial charge < -0.3 is 39.0 Å². The number of esters is 3. The Morgan fingerprint density at radius 2 is 1.85 bits per heavy atom. The van der Waals surface area contributed by atoms with Crippen LogP contribution in [0.3, 0.4) is 0 Å². The molecule has 40 heavy (non-hydrogen) atoms. The highest BCUT2D eigenvalue weighted by atomic mass is 16.6. The van der Waals surface area contributed by atoms with Crippen molar-refractivity contribution in [1.82, 2.24) is 0 Å². The van der Waals surface area contributed by atoms with Crippen LogP contribution in [0.4, 0.5) is 0 Å². The lowest BCUT2D eigenvalue weighted by molar-refractivity contribution is -0.179. The summed E-state index contributed by atoms with van der Waals surface area (Å²) in [6, 6.07) is 3.83. The standard InChI is InChI=1S/C28H32O12/c1-13(24(31)32)37-25(33)14(2)38-26(34)17(29)12-20(30)39-19-8-10-28(35)16-5-4-9-27(28)21-15(11-16)6-7-18(36-3)22(21)40-23(19)27/h6-8,13-14,16-17,23,29,35H,4-5,9-12H2,1-3H3,(H,31,32)/t13-,14-,16-,17-,23+,27+,28-/m0/s1. The molecule has 2 bridgehead atoms. The van der Waals surface area contributed by atoms with E-state index in [0.717, 1.165) is 37.8 Å². The largest absolute Gasteiger partial charge is 0.493 e. The van der Waals surface area contributed by atoms with E-state index in [0.29, 0.717) is 24.3 Å². The number of aliphatic hydroxyl groups excluding tert-OH is 1. The van der Waals surface area contributed by atoms with Crippen molar-refractivity contribution in [1.29, 1.82) is 0 Å². The first-order valence-corrected chi connectivity index (χ1v) is 13.2. The molecule has 216 valence electrons. The van der Waals surface area contributed by atoms with Crippen LogP contribution in [0, 0.1) is 5.92 Å². The zero-order valence-electron chi connectivity index (χ0n) is 22.4. The molecule has 3 N–H and O–H groups in total. The molecule has 1 spiro atoms. The van der Waals surface area contributed by atoms with E-state index in [-0.39, 0.29) is 18.1 Å². The Kier molecular flexibility index (Phi) is 7.03. The molecule has 0 aromatic heterocycles. The fraction of sp³-hybridized carbons (Fsp3) is 0.571. The summed E-state index contributed by atoms with van der Waals surface area (Å²) in [5.41, 5.74) is 0.0309. The van der Waals surface area contributed by atoms with Crippen molar-refractivity contribution in [2.45, 2.75) is 87.8 Å². The lowest BCUT2D eigenvalue weighted by atomic mass is 9.47. The Hall–Kier alpha value is -3.64. The maximum atomic E-state index is 12.8. The number of ether oxygens (including phenoxy) is 5. The molecule has 5 rings (SSSR count). The predicted octanol–water partition coefficient (Wildman–Crippen LogP) is 1.31. The van der Waals surface area contributed by atoms with Gasteiger partial charge in [0.05, 0.1) is 24.5 Å². The molecule has 1 fully saturated rings. The number of hydrogen-bond donors (Lipinski definition) is 3.